The number of nitrogens with two attached hydrogens (primary N) is 1. The summed E-state index contributed by atoms with van der Waals surface area (Å²) in [5, 5.41) is 0. The molecule has 0 saturated carbocycles. The van der Waals surface area contributed by atoms with E-state index >= 15 is 0 Å². The Morgan fingerprint density at radius 2 is 2.00 bits per heavy atom. The highest BCUT2D eigenvalue weighted by atomic mass is 79.9. The lowest BCUT2D eigenvalue weighted by molar-refractivity contribution is 0.300. The maximum absolute atomic E-state index is 5.98. The largest absolute Gasteiger partial charge is 0.497 e. The Morgan fingerprint density at radius 1 is 1.20 bits per heavy atom. The number of hydrogen-bond donors (Lipinski definition) is 1. The number of rotatable bonds is 5. The Bertz CT molecular complexity index is 584. The van der Waals surface area contributed by atoms with Crippen LogP contribution in [0.3, 0.4) is 0 Å². The first-order chi connectivity index (χ1) is 9.60. The van der Waals surface area contributed by atoms with E-state index in [0.29, 0.717) is 6.61 Å². The molecule has 0 amide bonds. The van der Waals surface area contributed by atoms with Crippen LogP contribution in [0.25, 0.3) is 0 Å². The SMILES string of the molecule is COc1cccc(COc2ccc(Br)cc2[C@@H](C)N)c1. The van der Waals surface area contributed by atoms with Gasteiger partial charge in [-0.15, -0.1) is 0 Å². The van der Waals surface area contributed by atoms with Gasteiger partial charge in [0, 0.05) is 16.1 Å². The van der Waals surface area contributed by atoms with Gasteiger partial charge >= 0.3 is 0 Å². The first-order valence-electron chi connectivity index (χ1n) is 6.41. The molecule has 0 radical (unpaired) electrons. The van der Waals surface area contributed by atoms with Crippen LogP contribution < -0.4 is 15.2 Å². The molecule has 0 unspecified atom stereocenters. The van der Waals surface area contributed by atoms with Crippen LogP contribution in [-0.4, -0.2) is 7.11 Å². The monoisotopic (exact) mass is 335 g/mol. The predicted molar refractivity (Wildman–Crippen MR) is 84.1 cm³/mol. The molecule has 2 aromatic rings. The van der Waals surface area contributed by atoms with Gasteiger partial charge in [-0.2, -0.15) is 0 Å². The van der Waals surface area contributed by atoms with Crippen molar-refractivity contribution in [2.75, 3.05) is 7.11 Å². The van der Waals surface area contributed by atoms with Crippen LogP contribution in [0.2, 0.25) is 0 Å². The fraction of sp³-hybridized carbons (Fsp3) is 0.250. The number of benzene rings is 2. The van der Waals surface area contributed by atoms with E-state index in [4.69, 9.17) is 15.2 Å². The maximum Gasteiger partial charge on any atom is 0.124 e. The molecule has 106 valence electrons. The molecule has 0 heterocycles. The lowest BCUT2D eigenvalue weighted by atomic mass is 10.1. The maximum atomic E-state index is 5.98. The van der Waals surface area contributed by atoms with Gasteiger partial charge in [-0.05, 0) is 42.8 Å². The highest BCUT2D eigenvalue weighted by Crippen LogP contribution is 2.28. The molecule has 0 aliphatic rings. The zero-order valence-corrected chi connectivity index (χ0v) is 13.2. The van der Waals surface area contributed by atoms with Gasteiger partial charge < -0.3 is 15.2 Å². The van der Waals surface area contributed by atoms with Crippen molar-refractivity contribution in [1.82, 2.24) is 0 Å². The van der Waals surface area contributed by atoms with Crippen molar-refractivity contribution in [2.45, 2.75) is 19.6 Å². The minimum absolute atomic E-state index is 0.0761. The summed E-state index contributed by atoms with van der Waals surface area (Å²) in [4.78, 5) is 0. The summed E-state index contributed by atoms with van der Waals surface area (Å²) < 4.78 is 12.1. The minimum Gasteiger partial charge on any atom is -0.497 e. The van der Waals surface area contributed by atoms with Gasteiger partial charge in [0.15, 0.2) is 0 Å². The molecule has 20 heavy (non-hydrogen) atoms. The predicted octanol–water partition coefficient (Wildman–Crippen LogP) is 4.06. The van der Waals surface area contributed by atoms with E-state index in [2.05, 4.69) is 15.9 Å². The molecule has 0 spiro atoms. The number of ether oxygens (including phenoxy) is 2. The average molecular weight is 336 g/mol. The van der Waals surface area contributed by atoms with E-state index in [1.54, 1.807) is 7.11 Å². The van der Waals surface area contributed by atoms with Crippen LogP contribution >= 0.6 is 15.9 Å². The van der Waals surface area contributed by atoms with Crippen LogP contribution in [0, 0.1) is 0 Å². The van der Waals surface area contributed by atoms with Crippen molar-refractivity contribution in [3.8, 4) is 11.5 Å². The molecule has 0 aliphatic heterocycles. The van der Waals surface area contributed by atoms with E-state index in [9.17, 15) is 0 Å². The smallest absolute Gasteiger partial charge is 0.124 e. The van der Waals surface area contributed by atoms with Crippen LogP contribution in [0.4, 0.5) is 0 Å². The van der Waals surface area contributed by atoms with Gasteiger partial charge in [0.25, 0.3) is 0 Å². The van der Waals surface area contributed by atoms with E-state index in [1.165, 1.54) is 0 Å². The Balaban J connectivity index is 2.14. The molecule has 2 aromatic carbocycles. The lowest BCUT2D eigenvalue weighted by Crippen LogP contribution is -2.08. The van der Waals surface area contributed by atoms with Crippen molar-refractivity contribution < 1.29 is 9.47 Å². The second-order valence-corrected chi connectivity index (χ2v) is 5.53. The first kappa shape index (κ1) is 14.9. The van der Waals surface area contributed by atoms with Crippen LogP contribution in [0.15, 0.2) is 46.9 Å². The summed E-state index contributed by atoms with van der Waals surface area (Å²) in [6.45, 7) is 2.43. The minimum atomic E-state index is -0.0761. The van der Waals surface area contributed by atoms with E-state index in [-0.39, 0.29) is 6.04 Å². The second kappa shape index (κ2) is 6.77. The third-order valence-corrected chi connectivity index (χ3v) is 3.48. The highest BCUT2D eigenvalue weighted by Gasteiger charge is 2.09. The van der Waals surface area contributed by atoms with Gasteiger partial charge in [-0.1, -0.05) is 28.1 Å². The Morgan fingerprint density at radius 3 is 2.70 bits per heavy atom. The standard InChI is InChI=1S/C16H18BrNO2/c1-11(18)15-9-13(17)6-7-16(15)20-10-12-4-3-5-14(8-12)19-2/h3-9,11H,10,18H2,1-2H3/t11-/m1/s1. The molecule has 0 fully saturated rings. The number of halogens is 1. The number of hydrogen-bond acceptors (Lipinski definition) is 3. The highest BCUT2D eigenvalue weighted by molar-refractivity contribution is 9.10. The van der Waals surface area contributed by atoms with Crippen LogP contribution in [-0.2, 0) is 6.61 Å². The zero-order chi connectivity index (χ0) is 14.5. The quantitative estimate of drug-likeness (QED) is 0.896. The van der Waals surface area contributed by atoms with E-state index < -0.39 is 0 Å². The third-order valence-electron chi connectivity index (χ3n) is 2.99. The molecule has 0 aromatic heterocycles. The third kappa shape index (κ3) is 3.74. The molecular weight excluding hydrogens is 318 g/mol. The Kier molecular flexibility index (Phi) is 5.04. The molecule has 4 heteroatoms. The topological polar surface area (TPSA) is 44.5 Å². The fourth-order valence-corrected chi connectivity index (χ4v) is 2.31. The summed E-state index contributed by atoms with van der Waals surface area (Å²) in [7, 11) is 1.66. The molecule has 1 atom stereocenters. The van der Waals surface area contributed by atoms with Gasteiger partial charge in [-0.25, -0.2) is 0 Å². The van der Waals surface area contributed by atoms with Gasteiger partial charge in [0.05, 0.1) is 7.11 Å². The van der Waals surface area contributed by atoms with Gasteiger partial charge in [0.1, 0.15) is 18.1 Å². The van der Waals surface area contributed by atoms with Gasteiger partial charge in [0.2, 0.25) is 0 Å². The Labute approximate surface area is 127 Å². The summed E-state index contributed by atoms with van der Waals surface area (Å²) in [6.07, 6.45) is 0. The zero-order valence-electron chi connectivity index (χ0n) is 11.6. The lowest BCUT2D eigenvalue weighted by Gasteiger charge is -2.15. The molecule has 2 N–H and O–H groups in total. The van der Waals surface area contributed by atoms with Crippen LogP contribution in [0.1, 0.15) is 24.1 Å². The molecule has 3 nitrogen and oxygen atoms in total. The van der Waals surface area contributed by atoms with E-state index in [1.807, 2.05) is 49.4 Å². The second-order valence-electron chi connectivity index (χ2n) is 4.61. The van der Waals surface area contributed by atoms with Crippen LogP contribution in [0.5, 0.6) is 11.5 Å². The Hall–Kier alpha value is -1.52. The van der Waals surface area contributed by atoms with Crippen molar-refractivity contribution in [1.29, 1.82) is 0 Å². The van der Waals surface area contributed by atoms with E-state index in [0.717, 1.165) is 27.1 Å². The van der Waals surface area contributed by atoms with Crippen molar-refractivity contribution >= 4 is 15.9 Å². The molecule has 0 bridgehead atoms. The summed E-state index contributed by atoms with van der Waals surface area (Å²) in [6, 6.07) is 13.6. The summed E-state index contributed by atoms with van der Waals surface area (Å²) in [5.74, 6) is 1.64. The molecule has 0 aliphatic carbocycles. The fourth-order valence-electron chi connectivity index (χ4n) is 1.93. The van der Waals surface area contributed by atoms with Gasteiger partial charge in [-0.3, -0.25) is 0 Å². The normalized spacial score (nSPS) is 12.0. The summed E-state index contributed by atoms with van der Waals surface area (Å²) in [5.41, 5.74) is 8.02. The average Bonchev–Trinajstić information content (AvgIpc) is 2.46. The van der Waals surface area contributed by atoms with Crippen molar-refractivity contribution in [2.24, 2.45) is 5.73 Å². The molecule has 2 rings (SSSR count). The first-order valence-corrected chi connectivity index (χ1v) is 7.20. The number of methoxy groups -OCH3 is 1. The van der Waals surface area contributed by atoms with Crippen molar-refractivity contribution in [3.05, 3.63) is 58.1 Å². The van der Waals surface area contributed by atoms with Crippen molar-refractivity contribution in [3.63, 3.8) is 0 Å². The molecule has 0 saturated heterocycles. The molecular formula is C16H18BrNO2. The summed E-state index contributed by atoms with van der Waals surface area (Å²) >= 11 is 3.45.